The molecular weight excluding hydrogens is 414 g/mol. The number of esters is 1. The van der Waals surface area contributed by atoms with Gasteiger partial charge in [0, 0.05) is 0 Å². The molecule has 0 spiro atoms. The maximum atomic E-state index is 11.4. The molecule has 0 radical (unpaired) electrons. The highest BCUT2D eigenvalue weighted by Gasteiger charge is 2.21. The van der Waals surface area contributed by atoms with Gasteiger partial charge in [-0.25, -0.2) is 9.59 Å². The highest BCUT2D eigenvalue weighted by molar-refractivity contribution is 7.85. The smallest absolute Gasteiger partial charge is 0.408 e. The Kier molecular flexibility index (Phi) is 10.5. The van der Waals surface area contributed by atoms with Crippen LogP contribution < -0.4 is 5.32 Å². The predicted octanol–water partition coefficient (Wildman–Crippen LogP) is 2.08. The fraction of sp³-hybridized carbons (Fsp3) is 0.300. The molecule has 0 fully saturated rings. The van der Waals surface area contributed by atoms with Gasteiger partial charge in [0.05, 0.1) is 18.1 Å². The molecule has 9 nitrogen and oxygen atoms in total. The van der Waals surface area contributed by atoms with Crippen LogP contribution in [0.1, 0.15) is 18.1 Å². The van der Waals surface area contributed by atoms with Crippen molar-refractivity contribution in [1.29, 1.82) is 0 Å². The van der Waals surface area contributed by atoms with E-state index in [1.54, 1.807) is 19.1 Å². The predicted molar refractivity (Wildman–Crippen MR) is 108 cm³/mol. The second-order valence-corrected chi connectivity index (χ2v) is 7.40. The molecule has 30 heavy (non-hydrogen) atoms. The second kappa shape index (κ2) is 12.6. The van der Waals surface area contributed by atoms with Crippen LogP contribution in [0.2, 0.25) is 0 Å². The molecule has 0 aliphatic rings. The van der Waals surface area contributed by atoms with Crippen LogP contribution >= 0.6 is 0 Å². The van der Waals surface area contributed by atoms with Crippen molar-refractivity contribution in [2.24, 2.45) is 0 Å². The van der Waals surface area contributed by atoms with Gasteiger partial charge in [0.15, 0.2) is 6.04 Å². The molecule has 1 atom stereocenters. The van der Waals surface area contributed by atoms with Crippen molar-refractivity contribution in [2.75, 3.05) is 13.2 Å². The van der Waals surface area contributed by atoms with Crippen molar-refractivity contribution in [3.05, 3.63) is 65.7 Å². The minimum atomic E-state index is -4.02. The van der Waals surface area contributed by atoms with Crippen molar-refractivity contribution in [3.63, 3.8) is 0 Å². The lowest BCUT2D eigenvalue weighted by Crippen LogP contribution is -2.44. The number of aliphatic hydroxyl groups excluding tert-OH is 1. The Balaban J connectivity index is 0.000000346. The van der Waals surface area contributed by atoms with E-state index in [1.165, 1.54) is 12.1 Å². The molecule has 0 aromatic heterocycles. The van der Waals surface area contributed by atoms with Gasteiger partial charge in [0.1, 0.15) is 6.61 Å². The zero-order chi connectivity index (χ0) is 22.6. The molecule has 0 aliphatic heterocycles. The van der Waals surface area contributed by atoms with Gasteiger partial charge in [-0.2, -0.15) is 8.42 Å². The van der Waals surface area contributed by atoms with Crippen LogP contribution in [0.3, 0.4) is 0 Å². The summed E-state index contributed by atoms with van der Waals surface area (Å²) in [5.41, 5.74) is 1.78. The Morgan fingerprint density at radius 2 is 1.63 bits per heavy atom. The first-order valence-corrected chi connectivity index (χ1v) is 10.4. The van der Waals surface area contributed by atoms with Crippen molar-refractivity contribution in [3.8, 4) is 0 Å². The molecule has 1 unspecified atom stereocenters. The third-order valence-electron chi connectivity index (χ3n) is 3.58. The molecule has 2 aromatic carbocycles. The number of nitrogens with one attached hydrogen (secondary N) is 1. The second-order valence-electron chi connectivity index (χ2n) is 5.98. The summed E-state index contributed by atoms with van der Waals surface area (Å²) >= 11 is 0. The molecule has 3 N–H and O–H groups in total. The molecule has 0 saturated heterocycles. The Hall–Kier alpha value is -2.95. The van der Waals surface area contributed by atoms with Gasteiger partial charge < -0.3 is 19.9 Å². The zero-order valence-corrected chi connectivity index (χ0v) is 17.5. The summed E-state index contributed by atoms with van der Waals surface area (Å²) < 4.78 is 39.2. The Labute approximate surface area is 175 Å². The number of benzene rings is 2. The number of ether oxygens (including phenoxy) is 2. The van der Waals surface area contributed by atoms with Crippen LogP contribution in [-0.4, -0.2) is 49.4 Å². The van der Waals surface area contributed by atoms with E-state index in [2.05, 4.69) is 10.1 Å². The average Bonchev–Trinajstić information content (AvgIpc) is 2.71. The number of rotatable bonds is 7. The number of hydrogen-bond donors (Lipinski definition) is 3. The van der Waals surface area contributed by atoms with Crippen LogP contribution in [0.15, 0.2) is 59.5 Å². The first-order valence-electron chi connectivity index (χ1n) is 8.96. The molecule has 10 heteroatoms. The molecule has 2 aromatic rings. The summed E-state index contributed by atoms with van der Waals surface area (Å²) in [4.78, 5) is 22.7. The SMILES string of the molecule is CCOC(=O)C(CO)NC(=O)OCc1ccccc1.Cc1ccc(S(=O)(=O)O)cc1. The molecule has 0 aliphatic carbocycles. The van der Waals surface area contributed by atoms with E-state index < -0.39 is 34.8 Å². The van der Waals surface area contributed by atoms with Crippen LogP contribution in [0.25, 0.3) is 0 Å². The summed E-state index contributed by atoms with van der Waals surface area (Å²) in [6.45, 7) is 3.21. The van der Waals surface area contributed by atoms with Gasteiger partial charge in [0.25, 0.3) is 10.1 Å². The van der Waals surface area contributed by atoms with Crippen molar-refractivity contribution < 1.29 is 37.1 Å². The third-order valence-corrected chi connectivity index (χ3v) is 4.45. The van der Waals surface area contributed by atoms with Gasteiger partial charge in [-0.15, -0.1) is 0 Å². The third kappa shape index (κ3) is 9.50. The van der Waals surface area contributed by atoms with E-state index in [-0.39, 0.29) is 18.1 Å². The standard InChI is InChI=1S/C13H17NO5.C7H8O3S/c1-2-18-12(16)11(8-15)14-13(17)19-9-10-6-4-3-5-7-10;1-6-2-4-7(5-3-6)11(8,9)10/h3-7,11,15H,2,8-9H2,1H3,(H,14,17);2-5H,1H3,(H,8,9,10). The summed E-state index contributed by atoms with van der Waals surface area (Å²) in [7, 11) is -4.02. The van der Waals surface area contributed by atoms with Crippen molar-refractivity contribution >= 4 is 22.2 Å². The van der Waals surface area contributed by atoms with E-state index in [4.69, 9.17) is 14.4 Å². The quantitative estimate of drug-likeness (QED) is 0.440. The van der Waals surface area contributed by atoms with Gasteiger partial charge in [-0.3, -0.25) is 4.55 Å². The van der Waals surface area contributed by atoms with E-state index >= 15 is 0 Å². The van der Waals surface area contributed by atoms with E-state index in [9.17, 15) is 18.0 Å². The number of aryl methyl sites for hydroxylation is 1. The highest BCUT2D eigenvalue weighted by atomic mass is 32.2. The first kappa shape index (κ1) is 25.1. The van der Waals surface area contributed by atoms with Crippen LogP contribution in [-0.2, 0) is 31.0 Å². The number of carbonyl (C=O) groups is 2. The fourth-order valence-electron chi connectivity index (χ4n) is 2.04. The number of carbonyl (C=O) groups excluding carboxylic acids is 2. The Bertz CT molecular complexity index is 898. The molecule has 0 bridgehead atoms. The molecular formula is C20H25NO8S. The first-order chi connectivity index (χ1) is 14.2. The van der Waals surface area contributed by atoms with Crippen LogP contribution in [0.5, 0.6) is 0 Å². The number of hydrogen-bond acceptors (Lipinski definition) is 7. The van der Waals surface area contributed by atoms with E-state index in [0.29, 0.717) is 0 Å². The largest absolute Gasteiger partial charge is 0.464 e. The molecule has 1 amide bonds. The summed E-state index contributed by atoms with van der Waals surface area (Å²) in [6, 6.07) is 14.0. The zero-order valence-electron chi connectivity index (χ0n) is 16.6. The fourth-order valence-corrected chi connectivity index (χ4v) is 2.52. The van der Waals surface area contributed by atoms with Gasteiger partial charge in [0.2, 0.25) is 0 Å². The lowest BCUT2D eigenvalue weighted by Gasteiger charge is -2.14. The molecule has 2 rings (SSSR count). The molecule has 0 saturated carbocycles. The monoisotopic (exact) mass is 439 g/mol. The molecule has 0 heterocycles. The summed E-state index contributed by atoms with van der Waals surface area (Å²) in [5, 5.41) is 11.2. The lowest BCUT2D eigenvalue weighted by molar-refractivity contribution is -0.146. The minimum absolute atomic E-state index is 0.0666. The van der Waals surface area contributed by atoms with Crippen LogP contribution in [0.4, 0.5) is 4.79 Å². The van der Waals surface area contributed by atoms with E-state index in [0.717, 1.165) is 11.1 Å². The van der Waals surface area contributed by atoms with E-state index in [1.807, 2.05) is 37.3 Å². The molecule has 164 valence electrons. The van der Waals surface area contributed by atoms with Crippen LogP contribution in [0, 0.1) is 6.92 Å². The maximum absolute atomic E-state index is 11.4. The number of amides is 1. The topological polar surface area (TPSA) is 139 Å². The van der Waals surface area contributed by atoms with Crippen molar-refractivity contribution in [2.45, 2.75) is 31.4 Å². The van der Waals surface area contributed by atoms with Gasteiger partial charge >= 0.3 is 12.1 Å². The number of aliphatic hydroxyl groups is 1. The van der Waals surface area contributed by atoms with Gasteiger partial charge in [-0.05, 0) is 31.5 Å². The Morgan fingerprint density at radius 3 is 2.13 bits per heavy atom. The van der Waals surface area contributed by atoms with Crippen molar-refractivity contribution in [1.82, 2.24) is 5.32 Å². The highest BCUT2D eigenvalue weighted by Crippen LogP contribution is 2.08. The Morgan fingerprint density at radius 1 is 1.03 bits per heavy atom. The maximum Gasteiger partial charge on any atom is 0.408 e. The average molecular weight is 439 g/mol. The summed E-state index contributed by atoms with van der Waals surface area (Å²) in [6.07, 6.45) is -0.782. The lowest BCUT2D eigenvalue weighted by atomic mass is 10.2. The van der Waals surface area contributed by atoms with Gasteiger partial charge in [-0.1, -0.05) is 48.0 Å². The summed E-state index contributed by atoms with van der Waals surface area (Å²) in [5.74, 6) is -0.693. The minimum Gasteiger partial charge on any atom is -0.464 e. The number of alkyl carbamates (subject to hydrolysis) is 1. The normalized spacial score (nSPS) is 11.5.